The third kappa shape index (κ3) is 5.23. The average Bonchev–Trinajstić information content (AvgIpc) is 2.56. The number of amides is 1. The van der Waals surface area contributed by atoms with Crippen LogP contribution in [0.15, 0.2) is 41.2 Å². The average molecular weight is 361 g/mol. The molecule has 1 aromatic carbocycles. The molecule has 0 aliphatic heterocycles. The first kappa shape index (κ1) is 19.3. The van der Waals surface area contributed by atoms with Gasteiger partial charge in [-0.25, -0.2) is 13.9 Å². The highest BCUT2D eigenvalue weighted by Gasteiger charge is 2.21. The summed E-state index contributed by atoms with van der Waals surface area (Å²) in [6, 6.07) is 7.25. The van der Waals surface area contributed by atoms with E-state index in [1.165, 1.54) is 36.4 Å². The van der Waals surface area contributed by atoms with E-state index in [1.807, 2.05) is 13.8 Å². The molecule has 0 aliphatic rings. The Labute approximate surface area is 149 Å². The van der Waals surface area contributed by atoms with Crippen LogP contribution in [0.5, 0.6) is 0 Å². The van der Waals surface area contributed by atoms with Crippen molar-refractivity contribution in [3.05, 3.63) is 52.6 Å². The minimum Gasteiger partial charge on any atom is -0.480 e. The Kier molecular flexibility index (Phi) is 6.21. The molecule has 0 saturated heterocycles. The first-order valence-electron chi connectivity index (χ1n) is 8.12. The molecule has 0 radical (unpaired) electrons. The van der Waals surface area contributed by atoms with Gasteiger partial charge in [-0.2, -0.15) is 5.10 Å². The Morgan fingerprint density at radius 2 is 1.85 bits per heavy atom. The SMILES string of the molecule is CC(C)C[C@H](NC(=O)Cn1nc(-c2ccc(F)cc2)ccc1=O)C(=O)O. The minimum absolute atomic E-state index is 0.0825. The third-order valence-electron chi connectivity index (χ3n) is 3.64. The lowest BCUT2D eigenvalue weighted by Crippen LogP contribution is -2.44. The number of nitrogens with zero attached hydrogens (tertiary/aromatic N) is 2. The van der Waals surface area contributed by atoms with E-state index in [-0.39, 0.29) is 12.3 Å². The molecule has 0 unspecified atom stereocenters. The molecule has 0 bridgehead atoms. The number of aliphatic carboxylic acids is 1. The van der Waals surface area contributed by atoms with Crippen LogP contribution in [0.1, 0.15) is 20.3 Å². The molecule has 1 aromatic heterocycles. The summed E-state index contributed by atoms with van der Waals surface area (Å²) < 4.78 is 14.0. The highest BCUT2D eigenvalue weighted by atomic mass is 19.1. The summed E-state index contributed by atoms with van der Waals surface area (Å²) in [6.07, 6.45) is 0.277. The number of nitrogens with one attached hydrogen (secondary N) is 1. The molecule has 2 aromatic rings. The molecule has 0 aliphatic carbocycles. The van der Waals surface area contributed by atoms with E-state index in [1.54, 1.807) is 0 Å². The molecule has 0 saturated carbocycles. The minimum atomic E-state index is -1.13. The lowest BCUT2D eigenvalue weighted by Gasteiger charge is -2.16. The van der Waals surface area contributed by atoms with Crippen molar-refractivity contribution in [3.63, 3.8) is 0 Å². The van der Waals surface area contributed by atoms with Crippen LogP contribution in [0.4, 0.5) is 4.39 Å². The number of aromatic nitrogens is 2. The van der Waals surface area contributed by atoms with Crippen molar-refractivity contribution in [3.8, 4) is 11.3 Å². The maximum Gasteiger partial charge on any atom is 0.326 e. The molecule has 138 valence electrons. The standard InChI is InChI=1S/C18H20FN3O4/c1-11(2)9-15(18(25)26)20-16(23)10-22-17(24)8-7-14(21-22)12-3-5-13(19)6-4-12/h3-8,11,15H,9-10H2,1-2H3,(H,20,23)(H,25,26)/t15-/m0/s1. The van der Waals surface area contributed by atoms with E-state index >= 15 is 0 Å². The van der Waals surface area contributed by atoms with Crippen LogP contribution in [0, 0.1) is 11.7 Å². The van der Waals surface area contributed by atoms with Crippen molar-refractivity contribution in [1.82, 2.24) is 15.1 Å². The Bertz CT molecular complexity index is 846. The van der Waals surface area contributed by atoms with Gasteiger partial charge in [-0.05, 0) is 42.7 Å². The number of benzene rings is 1. The predicted octanol–water partition coefficient (Wildman–Crippen LogP) is 1.66. The molecule has 2 rings (SSSR count). The molecule has 2 N–H and O–H groups in total. The summed E-state index contributed by atoms with van der Waals surface area (Å²) in [7, 11) is 0. The van der Waals surface area contributed by atoms with Gasteiger partial charge in [0, 0.05) is 11.6 Å². The zero-order valence-electron chi connectivity index (χ0n) is 14.5. The van der Waals surface area contributed by atoms with Crippen molar-refractivity contribution in [1.29, 1.82) is 0 Å². The Balaban J connectivity index is 2.16. The van der Waals surface area contributed by atoms with Crippen LogP contribution in [0.2, 0.25) is 0 Å². The maximum absolute atomic E-state index is 13.0. The van der Waals surface area contributed by atoms with Gasteiger partial charge in [-0.15, -0.1) is 0 Å². The summed E-state index contributed by atoms with van der Waals surface area (Å²) in [5.74, 6) is -2.07. The second kappa shape index (κ2) is 8.37. The van der Waals surface area contributed by atoms with Crippen LogP contribution < -0.4 is 10.9 Å². The molecular formula is C18H20FN3O4. The smallest absolute Gasteiger partial charge is 0.326 e. The van der Waals surface area contributed by atoms with E-state index < -0.39 is 35.8 Å². The number of carbonyl (C=O) groups excluding carboxylic acids is 1. The van der Waals surface area contributed by atoms with E-state index in [9.17, 15) is 23.9 Å². The normalized spacial score (nSPS) is 12.0. The molecule has 1 atom stereocenters. The summed E-state index contributed by atoms with van der Waals surface area (Å²) in [5.41, 5.74) is 0.486. The zero-order valence-corrected chi connectivity index (χ0v) is 14.5. The fourth-order valence-electron chi connectivity index (χ4n) is 2.41. The first-order valence-corrected chi connectivity index (χ1v) is 8.12. The van der Waals surface area contributed by atoms with Gasteiger partial charge in [-0.1, -0.05) is 13.8 Å². The van der Waals surface area contributed by atoms with Crippen LogP contribution >= 0.6 is 0 Å². The zero-order chi connectivity index (χ0) is 19.3. The molecule has 26 heavy (non-hydrogen) atoms. The highest BCUT2D eigenvalue weighted by molar-refractivity contribution is 5.83. The van der Waals surface area contributed by atoms with Crippen molar-refractivity contribution >= 4 is 11.9 Å². The van der Waals surface area contributed by atoms with Gasteiger partial charge in [0.05, 0.1) is 5.69 Å². The molecule has 7 nitrogen and oxygen atoms in total. The number of carbonyl (C=O) groups is 2. The van der Waals surface area contributed by atoms with Crippen molar-refractivity contribution in [2.45, 2.75) is 32.9 Å². The molecule has 1 heterocycles. The monoisotopic (exact) mass is 361 g/mol. The van der Waals surface area contributed by atoms with E-state index in [0.29, 0.717) is 11.3 Å². The Morgan fingerprint density at radius 1 is 1.19 bits per heavy atom. The molecule has 8 heteroatoms. The number of carboxylic acid groups (broad SMARTS) is 1. The molecular weight excluding hydrogens is 341 g/mol. The van der Waals surface area contributed by atoms with E-state index in [2.05, 4.69) is 10.4 Å². The molecule has 0 spiro atoms. The van der Waals surface area contributed by atoms with Gasteiger partial charge in [0.25, 0.3) is 5.56 Å². The summed E-state index contributed by atoms with van der Waals surface area (Å²) >= 11 is 0. The third-order valence-corrected chi connectivity index (χ3v) is 3.64. The lowest BCUT2D eigenvalue weighted by molar-refractivity contribution is -0.142. The fourth-order valence-corrected chi connectivity index (χ4v) is 2.41. The van der Waals surface area contributed by atoms with Crippen molar-refractivity contribution in [2.75, 3.05) is 0 Å². The number of halogens is 1. The maximum atomic E-state index is 13.0. The van der Waals surface area contributed by atoms with Gasteiger partial charge in [-0.3, -0.25) is 9.59 Å². The Morgan fingerprint density at radius 3 is 2.42 bits per heavy atom. The van der Waals surface area contributed by atoms with Gasteiger partial charge in [0.15, 0.2) is 0 Å². The second-order valence-electron chi connectivity index (χ2n) is 6.31. The van der Waals surface area contributed by atoms with Crippen molar-refractivity contribution < 1.29 is 19.1 Å². The van der Waals surface area contributed by atoms with Crippen LogP contribution in [-0.2, 0) is 16.1 Å². The highest BCUT2D eigenvalue weighted by Crippen LogP contribution is 2.15. The van der Waals surface area contributed by atoms with Crippen LogP contribution in [0.3, 0.4) is 0 Å². The number of carboxylic acids is 1. The summed E-state index contributed by atoms with van der Waals surface area (Å²) in [4.78, 5) is 35.3. The predicted molar refractivity (Wildman–Crippen MR) is 92.9 cm³/mol. The quantitative estimate of drug-likeness (QED) is 0.781. The molecule has 1 amide bonds. The summed E-state index contributed by atoms with van der Waals surface area (Å²) in [5, 5.41) is 15.7. The molecule has 0 fully saturated rings. The number of hydrogen-bond acceptors (Lipinski definition) is 4. The van der Waals surface area contributed by atoms with Crippen molar-refractivity contribution in [2.24, 2.45) is 5.92 Å². The van der Waals surface area contributed by atoms with Gasteiger partial charge in [0.1, 0.15) is 18.4 Å². The second-order valence-corrected chi connectivity index (χ2v) is 6.31. The van der Waals surface area contributed by atoms with Gasteiger partial charge < -0.3 is 10.4 Å². The largest absolute Gasteiger partial charge is 0.480 e. The van der Waals surface area contributed by atoms with Crippen LogP contribution in [-0.4, -0.2) is 32.8 Å². The number of hydrogen-bond donors (Lipinski definition) is 2. The van der Waals surface area contributed by atoms with Gasteiger partial charge in [0.2, 0.25) is 5.91 Å². The lowest BCUT2D eigenvalue weighted by atomic mass is 10.0. The van der Waals surface area contributed by atoms with Gasteiger partial charge >= 0.3 is 5.97 Å². The topological polar surface area (TPSA) is 101 Å². The Hall–Kier alpha value is -3.03. The number of rotatable bonds is 7. The summed E-state index contributed by atoms with van der Waals surface area (Å²) in [6.45, 7) is 3.29. The van der Waals surface area contributed by atoms with E-state index in [4.69, 9.17) is 0 Å². The van der Waals surface area contributed by atoms with E-state index in [0.717, 1.165) is 4.68 Å². The fraction of sp³-hybridized carbons (Fsp3) is 0.333. The van der Waals surface area contributed by atoms with Crippen LogP contribution in [0.25, 0.3) is 11.3 Å². The first-order chi connectivity index (χ1) is 12.3.